The summed E-state index contributed by atoms with van der Waals surface area (Å²) in [5.41, 5.74) is 0. The normalized spacial score (nSPS) is 5.43. The van der Waals surface area contributed by atoms with Crippen molar-refractivity contribution in [1.82, 2.24) is 0 Å². The quantitative estimate of drug-likeness (QED) is 0.465. The van der Waals surface area contributed by atoms with Gasteiger partial charge in [-0.1, -0.05) is 0 Å². The summed E-state index contributed by atoms with van der Waals surface area (Å²) in [6.45, 7) is 2.72. The van der Waals surface area contributed by atoms with Gasteiger partial charge >= 0.3 is 0 Å². The maximum absolute atomic E-state index is 3.67. The third-order valence-corrected chi connectivity index (χ3v) is 0.329. The minimum absolute atomic E-state index is 0. The van der Waals surface area contributed by atoms with Crippen LogP contribution in [-0.4, -0.2) is 19.6 Å². The molecular formula is C4H9ClN2. The first kappa shape index (κ1) is 9.83. The monoisotopic (exact) mass is 120 g/mol. The lowest BCUT2D eigenvalue weighted by Crippen LogP contribution is -1.60. The van der Waals surface area contributed by atoms with Gasteiger partial charge in [-0.25, -0.2) is 9.98 Å². The largest absolute Gasteiger partial charge is 0.229 e. The van der Waals surface area contributed by atoms with E-state index < -0.39 is 0 Å². The zero-order valence-electron chi connectivity index (χ0n) is 4.51. The average molecular weight is 121 g/mol. The summed E-state index contributed by atoms with van der Waals surface area (Å²) in [4.78, 5) is 7.18. The molecule has 0 rings (SSSR count). The lowest BCUT2D eigenvalue weighted by Gasteiger charge is -1.63. The maximum Gasteiger partial charge on any atom is 0.0889 e. The second kappa shape index (κ2) is 9.18. The van der Waals surface area contributed by atoms with E-state index in [0.717, 1.165) is 6.54 Å². The fourth-order valence-corrected chi connectivity index (χ4v) is 0.141. The number of nitrogens with zero attached hydrogens (tertiary/aromatic N) is 2. The van der Waals surface area contributed by atoms with E-state index in [2.05, 4.69) is 16.0 Å². The number of rotatable bonds is 1. The van der Waals surface area contributed by atoms with Crippen LogP contribution < -0.4 is 0 Å². The van der Waals surface area contributed by atoms with Crippen LogP contribution in [0.5, 0.6) is 0 Å². The van der Waals surface area contributed by atoms with E-state index in [9.17, 15) is 0 Å². The molecule has 0 saturated heterocycles. The fraction of sp³-hybridized carbons (Fsp3) is 0.750. The Labute approximate surface area is 49.8 Å². The molecule has 0 radical (unpaired) electrons. The highest BCUT2D eigenvalue weighted by molar-refractivity contribution is 5.85. The smallest absolute Gasteiger partial charge is 0.0889 e. The molecule has 0 aromatic rings. The van der Waals surface area contributed by atoms with Crippen LogP contribution in [0.1, 0.15) is 6.92 Å². The van der Waals surface area contributed by atoms with Gasteiger partial charge in [0.15, 0.2) is 0 Å². The Morgan fingerprint density at radius 3 is 2.29 bits per heavy atom. The van der Waals surface area contributed by atoms with Gasteiger partial charge in [-0.2, -0.15) is 0 Å². The van der Waals surface area contributed by atoms with Gasteiger partial charge in [0, 0.05) is 13.6 Å². The minimum atomic E-state index is 0. The Morgan fingerprint density at radius 2 is 2.14 bits per heavy atom. The molecule has 7 heavy (non-hydrogen) atoms. The van der Waals surface area contributed by atoms with Crippen LogP contribution >= 0.6 is 12.4 Å². The van der Waals surface area contributed by atoms with Crippen molar-refractivity contribution in [3.05, 3.63) is 0 Å². The van der Waals surface area contributed by atoms with Crippen molar-refractivity contribution in [2.45, 2.75) is 6.92 Å². The summed E-state index contributed by atoms with van der Waals surface area (Å²) in [5, 5.41) is 0. The zero-order valence-corrected chi connectivity index (χ0v) is 5.33. The van der Waals surface area contributed by atoms with Crippen molar-refractivity contribution in [3.63, 3.8) is 0 Å². The molecule has 0 saturated carbocycles. The first-order chi connectivity index (χ1) is 2.91. The van der Waals surface area contributed by atoms with E-state index in [1.54, 1.807) is 7.05 Å². The molecule has 0 amide bonds. The number of aliphatic imine (C=N–C) groups is 2. The standard InChI is InChI=1S/C4H8N2.ClH/c1-3-6-4-5-2;/h3H2,1-2H3;1H. The van der Waals surface area contributed by atoms with E-state index in [1.165, 1.54) is 0 Å². The molecule has 42 valence electrons. The van der Waals surface area contributed by atoms with Gasteiger partial charge in [0.25, 0.3) is 0 Å². The van der Waals surface area contributed by atoms with Crippen LogP contribution in [0.15, 0.2) is 9.98 Å². The molecule has 0 aliphatic rings. The second-order valence-electron chi connectivity index (χ2n) is 0.798. The maximum atomic E-state index is 3.67. The van der Waals surface area contributed by atoms with Crippen molar-refractivity contribution in [3.8, 4) is 0 Å². The van der Waals surface area contributed by atoms with Gasteiger partial charge in [-0.15, -0.1) is 12.4 Å². The van der Waals surface area contributed by atoms with E-state index in [1.807, 2.05) is 6.92 Å². The number of halogens is 1. The molecule has 0 fully saturated rings. The van der Waals surface area contributed by atoms with Gasteiger partial charge in [0.05, 0.1) is 6.01 Å². The van der Waals surface area contributed by atoms with Crippen LogP contribution in [0.25, 0.3) is 0 Å². The summed E-state index contributed by atoms with van der Waals surface area (Å²) < 4.78 is 0. The van der Waals surface area contributed by atoms with E-state index in [0.29, 0.717) is 0 Å². The molecule has 0 heterocycles. The van der Waals surface area contributed by atoms with Gasteiger partial charge < -0.3 is 0 Å². The highest BCUT2D eigenvalue weighted by Gasteiger charge is 1.52. The summed E-state index contributed by atoms with van der Waals surface area (Å²) in [7, 11) is 1.65. The SMILES string of the molecule is CCN=C=NC.Cl. The molecular weight excluding hydrogens is 112 g/mol. The third kappa shape index (κ3) is 10.7. The summed E-state index contributed by atoms with van der Waals surface area (Å²) >= 11 is 0. The van der Waals surface area contributed by atoms with Crippen LogP contribution in [-0.2, 0) is 0 Å². The van der Waals surface area contributed by atoms with Gasteiger partial charge in [-0.05, 0) is 6.92 Å². The fourth-order valence-electron chi connectivity index (χ4n) is 0.141. The second-order valence-corrected chi connectivity index (χ2v) is 0.798. The number of hydrogen-bond acceptors (Lipinski definition) is 2. The lowest BCUT2D eigenvalue weighted by molar-refractivity contribution is 1.14. The Morgan fingerprint density at radius 1 is 1.57 bits per heavy atom. The Kier molecular flexibility index (Phi) is 12.9. The molecule has 3 heteroatoms. The first-order valence-corrected chi connectivity index (χ1v) is 1.92. The van der Waals surface area contributed by atoms with Crippen LogP contribution in [0.2, 0.25) is 0 Å². The number of hydrogen-bond donors (Lipinski definition) is 0. The predicted octanol–water partition coefficient (Wildman–Crippen LogP) is 1.23. The van der Waals surface area contributed by atoms with E-state index >= 15 is 0 Å². The zero-order chi connectivity index (χ0) is 4.83. The van der Waals surface area contributed by atoms with Crippen LogP contribution in [0.4, 0.5) is 0 Å². The van der Waals surface area contributed by atoms with Gasteiger partial charge in [0.1, 0.15) is 0 Å². The molecule has 0 aliphatic heterocycles. The molecule has 0 bridgehead atoms. The van der Waals surface area contributed by atoms with Gasteiger partial charge in [0.2, 0.25) is 0 Å². The highest BCUT2D eigenvalue weighted by Crippen LogP contribution is 1.56. The topological polar surface area (TPSA) is 24.7 Å². The van der Waals surface area contributed by atoms with Crippen molar-refractivity contribution in [1.29, 1.82) is 0 Å². The average Bonchev–Trinajstić information content (AvgIpc) is 1.61. The molecule has 2 nitrogen and oxygen atoms in total. The predicted molar refractivity (Wildman–Crippen MR) is 33.6 cm³/mol. The van der Waals surface area contributed by atoms with E-state index in [-0.39, 0.29) is 12.4 Å². The third-order valence-electron chi connectivity index (χ3n) is 0.329. The van der Waals surface area contributed by atoms with Gasteiger partial charge in [-0.3, -0.25) is 0 Å². The summed E-state index contributed by atoms with van der Waals surface area (Å²) in [6.07, 6.45) is 0. The first-order valence-electron chi connectivity index (χ1n) is 1.92. The molecule has 0 spiro atoms. The molecule has 0 aliphatic carbocycles. The van der Waals surface area contributed by atoms with Crippen molar-refractivity contribution < 1.29 is 0 Å². The van der Waals surface area contributed by atoms with Crippen LogP contribution in [0, 0.1) is 0 Å². The molecule has 0 aromatic heterocycles. The summed E-state index contributed by atoms with van der Waals surface area (Å²) in [6, 6.07) is 2.45. The molecule has 0 N–H and O–H groups in total. The minimum Gasteiger partial charge on any atom is -0.229 e. The Hall–Kier alpha value is -0.330. The molecule has 0 atom stereocenters. The lowest BCUT2D eigenvalue weighted by atomic mass is 10.8. The highest BCUT2D eigenvalue weighted by atomic mass is 35.5. The Bertz CT molecular complexity index is 73.8. The van der Waals surface area contributed by atoms with Crippen LogP contribution in [0.3, 0.4) is 0 Å². The van der Waals surface area contributed by atoms with E-state index in [4.69, 9.17) is 0 Å². The summed E-state index contributed by atoms with van der Waals surface area (Å²) in [5.74, 6) is 0. The molecule has 0 aromatic carbocycles. The van der Waals surface area contributed by atoms with Crippen molar-refractivity contribution in [2.24, 2.45) is 9.98 Å². The van der Waals surface area contributed by atoms with Crippen molar-refractivity contribution >= 4 is 18.4 Å². The Balaban J connectivity index is 0. The van der Waals surface area contributed by atoms with Crippen molar-refractivity contribution in [2.75, 3.05) is 13.6 Å². The molecule has 0 unspecified atom stereocenters.